The van der Waals surface area contributed by atoms with Crippen molar-refractivity contribution in [1.82, 2.24) is 20.2 Å². The first-order valence-electron chi connectivity index (χ1n) is 5.91. The lowest BCUT2D eigenvalue weighted by Crippen LogP contribution is -1.98. The van der Waals surface area contributed by atoms with Crippen LogP contribution in [0.2, 0.25) is 0 Å². The van der Waals surface area contributed by atoms with E-state index >= 15 is 0 Å². The first-order chi connectivity index (χ1) is 9.85. The molecule has 100 valence electrons. The van der Waals surface area contributed by atoms with Gasteiger partial charge in [0.15, 0.2) is 10.2 Å². The molecule has 20 heavy (non-hydrogen) atoms. The summed E-state index contributed by atoms with van der Waals surface area (Å²) in [6, 6.07) is 11.8. The van der Waals surface area contributed by atoms with Crippen molar-refractivity contribution in [2.75, 3.05) is 12.4 Å². The smallest absolute Gasteiger partial charge is 0.180 e. The number of anilines is 1. The van der Waals surface area contributed by atoms with Crippen LogP contribution in [0.15, 0.2) is 51.3 Å². The van der Waals surface area contributed by atoms with E-state index in [2.05, 4.69) is 25.5 Å². The molecule has 0 unspecified atom stereocenters. The average molecular weight is 301 g/mol. The Kier molecular flexibility index (Phi) is 3.89. The molecular formula is C13H11N5S2. The molecule has 3 aromatic rings. The van der Waals surface area contributed by atoms with Gasteiger partial charge in [0.25, 0.3) is 0 Å². The molecule has 0 radical (unpaired) electrons. The zero-order valence-corrected chi connectivity index (χ0v) is 12.3. The summed E-state index contributed by atoms with van der Waals surface area (Å²) in [5, 5.41) is 11.8. The minimum absolute atomic E-state index is 0.699. The fourth-order valence-electron chi connectivity index (χ4n) is 1.62. The maximum Gasteiger partial charge on any atom is 0.180 e. The van der Waals surface area contributed by atoms with Crippen molar-refractivity contribution in [1.29, 1.82) is 0 Å². The molecule has 0 amide bonds. The van der Waals surface area contributed by atoms with Gasteiger partial charge < -0.3 is 5.32 Å². The quantitative estimate of drug-likeness (QED) is 0.747. The van der Waals surface area contributed by atoms with Gasteiger partial charge in [-0.3, -0.25) is 0 Å². The summed E-state index contributed by atoms with van der Waals surface area (Å²) < 4.78 is 0.866. The fourth-order valence-corrected chi connectivity index (χ4v) is 3.04. The Labute approximate surface area is 124 Å². The second-order valence-electron chi connectivity index (χ2n) is 3.84. The first kappa shape index (κ1) is 13.0. The summed E-state index contributed by atoms with van der Waals surface area (Å²) in [5.74, 6) is 1.48. The van der Waals surface area contributed by atoms with Crippen molar-refractivity contribution in [3.63, 3.8) is 0 Å². The molecule has 2 heterocycles. The van der Waals surface area contributed by atoms with Crippen molar-refractivity contribution < 1.29 is 0 Å². The van der Waals surface area contributed by atoms with E-state index in [4.69, 9.17) is 0 Å². The van der Waals surface area contributed by atoms with Crippen LogP contribution in [0.4, 0.5) is 5.82 Å². The summed E-state index contributed by atoms with van der Waals surface area (Å²) in [6.07, 6.45) is 0. The summed E-state index contributed by atoms with van der Waals surface area (Å²) in [5.41, 5.74) is 2.70. The molecule has 0 aliphatic carbocycles. The number of benzene rings is 1. The number of rotatable bonds is 4. The maximum absolute atomic E-state index is 4.58. The largest absolute Gasteiger partial charge is 0.373 e. The Morgan fingerprint density at radius 1 is 1.15 bits per heavy atom. The van der Waals surface area contributed by atoms with Crippen LogP contribution in [-0.4, -0.2) is 27.2 Å². The molecule has 2 aromatic heterocycles. The van der Waals surface area contributed by atoms with Crippen LogP contribution in [-0.2, 0) is 0 Å². The zero-order valence-electron chi connectivity index (χ0n) is 10.6. The van der Waals surface area contributed by atoms with E-state index in [0.29, 0.717) is 5.82 Å². The monoisotopic (exact) mass is 301 g/mol. The van der Waals surface area contributed by atoms with Crippen LogP contribution < -0.4 is 5.32 Å². The predicted molar refractivity (Wildman–Crippen MR) is 81.0 cm³/mol. The van der Waals surface area contributed by atoms with Gasteiger partial charge in [0.05, 0.1) is 0 Å². The van der Waals surface area contributed by atoms with Crippen LogP contribution in [0.3, 0.4) is 0 Å². The summed E-state index contributed by atoms with van der Waals surface area (Å²) in [7, 11) is 1.84. The van der Waals surface area contributed by atoms with Gasteiger partial charge >= 0.3 is 0 Å². The van der Waals surface area contributed by atoms with E-state index in [0.717, 1.165) is 20.7 Å². The van der Waals surface area contributed by atoms with Gasteiger partial charge in [0.1, 0.15) is 16.4 Å². The van der Waals surface area contributed by atoms with E-state index in [1.54, 1.807) is 5.51 Å². The third kappa shape index (κ3) is 2.94. The molecule has 0 aliphatic rings. The molecule has 0 atom stereocenters. The number of aromatic nitrogens is 4. The van der Waals surface area contributed by atoms with Crippen molar-refractivity contribution in [2.45, 2.75) is 9.37 Å². The van der Waals surface area contributed by atoms with Crippen LogP contribution >= 0.6 is 23.1 Å². The highest BCUT2D eigenvalue weighted by atomic mass is 32.2. The summed E-state index contributed by atoms with van der Waals surface area (Å²) in [6.45, 7) is 0. The van der Waals surface area contributed by atoms with Gasteiger partial charge in [-0.15, -0.1) is 10.2 Å². The predicted octanol–water partition coefficient (Wildman–Crippen LogP) is 3.19. The minimum atomic E-state index is 0.699. The van der Waals surface area contributed by atoms with Crippen molar-refractivity contribution in [2.24, 2.45) is 0 Å². The lowest BCUT2D eigenvalue weighted by atomic mass is 10.2. The highest BCUT2D eigenvalue weighted by molar-refractivity contribution is 8.00. The second kappa shape index (κ2) is 5.98. The number of nitrogens with zero attached hydrogens (tertiary/aromatic N) is 4. The molecule has 5 nitrogen and oxygen atoms in total. The van der Waals surface area contributed by atoms with Crippen LogP contribution in [0.1, 0.15) is 0 Å². The minimum Gasteiger partial charge on any atom is -0.373 e. The number of nitrogens with one attached hydrogen (secondary N) is 1. The van der Waals surface area contributed by atoms with Crippen LogP contribution in [0.5, 0.6) is 0 Å². The third-order valence-electron chi connectivity index (χ3n) is 2.52. The molecule has 0 bridgehead atoms. The average Bonchev–Trinajstić information content (AvgIpc) is 3.00. The van der Waals surface area contributed by atoms with E-state index in [1.165, 1.54) is 23.1 Å². The van der Waals surface area contributed by atoms with Gasteiger partial charge in [0, 0.05) is 18.7 Å². The SMILES string of the molecule is CNc1cc(Sc2nncs2)nc(-c2ccccc2)n1. The molecule has 0 saturated heterocycles. The summed E-state index contributed by atoms with van der Waals surface area (Å²) in [4.78, 5) is 9.06. The topological polar surface area (TPSA) is 63.6 Å². The molecule has 0 saturated carbocycles. The standard InChI is InChI=1S/C13H11N5S2/c1-14-10-7-11(20-13-18-15-8-19-13)17-12(16-10)9-5-3-2-4-6-9/h2-8H,1H3,(H,14,16,17). The van der Waals surface area contributed by atoms with E-state index in [1.807, 2.05) is 43.4 Å². The highest BCUT2D eigenvalue weighted by Crippen LogP contribution is 2.29. The van der Waals surface area contributed by atoms with E-state index in [-0.39, 0.29) is 0 Å². The van der Waals surface area contributed by atoms with E-state index in [9.17, 15) is 0 Å². The highest BCUT2D eigenvalue weighted by Gasteiger charge is 2.09. The molecular weight excluding hydrogens is 290 g/mol. The fraction of sp³-hybridized carbons (Fsp3) is 0.0769. The van der Waals surface area contributed by atoms with Gasteiger partial charge in [-0.2, -0.15) is 0 Å². The van der Waals surface area contributed by atoms with Crippen LogP contribution in [0.25, 0.3) is 11.4 Å². The Balaban J connectivity index is 1.99. The third-order valence-corrected chi connectivity index (χ3v) is 4.22. The van der Waals surface area contributed by atoms with Gasteiger partial charge in [-0.05, 0) is 11.8 Å². The molecule has 1 aromatic carbocycles. The Hall–Kier alpha value is -1.99. The summed E-state index contributed by atoms with van der Waals surface area (Å²) >= 11 is 2.98. The molecule has 1 N–H and O–H groups in total. The molecule has 0 fully saturated rings. The maximum atomic E-state index is 4.58. The Morgan fingerprint density at radius 2 is 2.00 bits per heavy atom. The van der Waals surface area contributed by atoms with Gasteiger partial charge in [-0.1, -0.05) is 41.7 Å². The molecule has 0 spiro atoms. The van der Waals surface area contributed by atoms with Crippen molar-refractivity contribution in [3.8, 4) is 11.4 Å². The number of hydrogen-bond acceptors (Lipinski definition) is 7. The normalized spacial score (nSPS) is 10.4. The Morgan fingerprint density at radius 3 is 2.70 bits per heavy atom. The van der Waals surface area contributed by atoms with Crippen molar-refractivity contribution in [3.05, 3.63) is 41.9 Å². The lowest BCUT2D eigenvalue weighted by Gasteiger charge is -2.06. The zero-order chi connectivity index (χ0) is 13.8. The van der Waals surface area contributed by atoms with E-state index < -0.39 is 0 Å². The number of hydrogen-bond donors (Lipinski definition) is 1. The van der Waals surface area contributed by atoms with Crippen molar-refractivity contribution >= 4 is 28.9 Å². The molecule has 7 heteroatoms. The van der Waals surface area contributed by atoms with Gasteiger partial charge in [0.2, 0.25) is 0 Å². The Bertz CT molecular complexity index is 685. The first-order valence-corrected chi connectivity index (χ1v) is 7.61. The van der Waals surface area contributed by atoms with Crippen LogP contribution in [0, 0.1) is 0 Å². The molecule has 0 aliphatic heterocycles. The molecule has 3 rings (SSSR count). The lowest BCUT2D eigenvalue weighted by molar-refractivity contribution is 1.00. The second-order valence-corrected chi connectivity index (χ2v) is 5.94. The van der Waals surface area contributed by atoms with Gasteiger partial charge in [-0.25, -0.2) is 9.97 Å².